The van der Waals surface area contributed by atoms with Crippen molar-refractivity contribution in [3.8, 4) is 0 Å². The van der Waals surface area contributed by atoms with Crippen LogP contribution >= 0.6 is 34.8 Å². The molecule has 0 unspecified atom stereocenters. The molecule has 0 aliphatic carbocycles. The molecule has 2 aromatic rings. The van der Waals surface area contributed by atoms with Crippen molar-refractivity contribution in [2.45, 2.75) is 25.7 Å². The predicted octanol–water partition coefficient (Wildman–Crippen LogP) is 4.97. The summed E-state index contributed by atoms with van der Waals surface area (Å²) in [6.07, 6.45) is 0. The number of nitrogens with zero attached hydrogens (tertiary/aromatic N) is 1. The fraction of sp³-hybridized carbons (Fsp3) is 0.188. The molecule has 24 heavy (non-hydrogen) atoms. The van der Waals surface area contributed by atoms with Crippen molar-refractivity contribution in [1.82, 2.24) is 4.83 Å². The largest absolute Gasteiger partial charge is 0.276 e. The first kappa shape index (κ1) is 19.1. The van der Waals surface area contributed by atoms with Gasteiger partial charge in [0, 0.05) is 5.56 Å². The Morgan fingerprint density at radius 3 is 2.38 bits per heavy atom. The van der Waals surface area contributed by atoms with Crippen molar-refractivity contribution in [1.29, 1.82) is 0 Å². The topological polar surface area (TPSA) is 58.5 Å². The Balaban J connectivity index is 2.36. The van der Waals surface area contributed by atoms with E-state index < -0.39 is 10.0 Å². The SMILES string of the molecule is C/C(=N/NS(=O)(=O)c1cc(C)ccc1C)c1ccc(Cl)c(Cl)c1Cl. The van der Waals surface area contributed by atoms with Gasteiger partial charge in [0.05, 0.1) is 25.7 Å². The van der Waals surface area contributed by atoms with Crippen molar-refractivity contribution in [2.75, 3.05) is 0 Å². The van der Waals surface area contributed by atoms with E-state index in [0.29, 0.717) is 21.9 Å². The average molecular weight is 406 g/mol. The molecule has 0 radical (unpaired) electrons. The minimum Gasteiger partial charge on any atom is -0.200 e. The Morgan fingerprint density at radius 2 is 1.71 bits per heavy atom. The van der Waals surface area contributed by atoms with Crippen molar-refractivity contribution >= 4 is 50.5 Å². The summed E-state index contributed by atoms with van der Waals surface area (Å²) in [5, 5.41) is 4.67. The molecule has 2 rings (SSSR count). The normalized spacial score (nSPS) is 12.3. The third-order valence-electron chi connectivity index (χ3n) is 3.39. The summed E-state index contributed by atoms with van der Waals surface area (Å²) >= 11 is 18.0. The van der Waals surface area contributed by atoms with Crippen molar-refractivity contribution < 1.29 is 8.42 Å². The van der Waals surface area contributed by atoms with E-state index in [4.69, 9.17) is 34.8 Å². The van der Waals surface area contributed by atoms with Crippen LogP contribution in [0.4, 0.5) is 0 Å². The van der Waals surface area contributed by atoms with Crippen LogP contribution in [0, 0.1) is 13.8 Å². The molecule has 0 aliphatic heterocycles. The number of rotatable bonds is 4. The number of nitrogens with one attached hydrogen (secondary N) is 1. The highest BCUT2D eigenvalue weighted by Gasteiger charge is 2.17. The van der Waals surface area contributed by atoms with Crippen molar-refractivity contribution in [2.24, 2.45) is 5.10 Å². The van der Waals surface area contributed by atoms with Gasteiger partial charge in [-0.2, -0.15) is 18.4 Å². The van der Waals surface area contributed by atoms with Crippen LogP contribution in [0.15, 0.2) is 40.3 Å². The summed E-state index contributed by atoms with van der Waals surface area (Å²) in [5.41, 5.74) is 2.34. The van der Waals surface area contributed by atoms with Crippen LogP contribution in [0.2, 0.25) is 15.1 Å². The number of hydrogen-bond donors (Lipinski definition) is 1. The quantitative estimate of drug-likeness (QED) is 0.444. The van der Waals surface area contributed by atoms with Gasteiger partial charge in [0.15, 0.2) is 0 Å². The number of benzene rings is 2. The van der Waals surface area contributed by atoms with Gasteiger partial charge in [0.2, 0.25) is 0 Å². The summed E-state index contributed by atoms with van der Waals surface area (Å²) < 4.78 is 24.9. The second kappa shape index (κ2) is 7.31. The van der Waals surface area contributed by atoms with E-state index in [1.54, 1.807) is 38.1 Å². The summed E-state index contributed by atoms with van der Waals surface area (Å²) in [6, 6.07) is 8.38. The van der Waals surface area contributed by atoms with E-state index in [1.807, 2.05) is 13.0 Å². The van der Waals surface area contributed by atoms with Gasteiger partial charge in [0.25, 0.3) is 10.0 Å². The van der Waals surface area contributed by atoms with Gasteiger partial charge < -0.3 is 0 Å². The molecule has 0 amide bonds. The van der Waals surface area contributed by atoms with Gasteiger partial charge in [-0.05, 0) is 44.0 Å². The highest BCUT2D eigenvalue weighted by atomic mass is 35.5. The Kier molecular flexibility index (Phi) is 5.81. The lowest BCUT2D eigenvalue weighted by Crippen LogP contribution is -2.21. The number of aryl methyl sites for hydroxylation is 2. The maximum Gasteiger partial charge on any atom is 0.276 e. The molecule has 0 spiro atoms. The van der Waals surface area contributed by atoms with Crippen LogP contribution in [-0.4, -0.2) is 14.1 Å². The standard InChI is InChI=1S/C16H15Cl3N2O2S/c1-9-4-5-10(2)14(8-9)24(22,23)21-20-11(3)12-6-7-13(17)16(19)15(12)18/h4-8,21H,1-3H3/b20-11-. The molecular formula is C16H15Cl3N2O2S. The van der Waals surface area contributed by atoms with Gasteiger partial charge in [-0.1, -0.05) is 53.0 Å². The summed E-state index contributed by atoms with van der Waals surface area (Å²) in [5.74, 6) is 0. The summed E-state index contributed by atoms with van der Waals surface area (Å²) in [4.78, 5) is 2.41. The van der Waals surface area contributed by atoms with Crippen LogP contribution in [0.1, 0.15) is 23.6 Å². The van der Waals surface area contributed by atoms with E-state index >= 15 is 0 Å². The van der Waals surface area contributed by atoms with Crippen molar-refractivity contribution in [3.63, 3.8) is 0 Å². The molecule has 0 bridgehead atoms. The lowest BCUT2D eigenvalue weighted by Gasteiger charge is -2.10. The first-order chi connectivity index (χ1) is 11.1. The van der Waals surface area contributed by atoms with Crippen LogP contribution in [0.25, 0.3) is 0 Å². The third-order valence-corrected chi connectivity index (χ3v) is 6.04. The second-order valence-corrected chi connectivity index (χ2v) is 8.08. The zero-order chi connectivity index (χ0) is 18.1. The van der Waals surface area contributed by atoms with Crippen LogP contribution in [0.5, 0.6) is 0 Å². The molecule has 0 aromatic heterocycles. The maximum absolute atomic E-state index is 12.4. The fourth-order valence-electron chi connectivity index (χ4n) is 2.04. The summed E-state index contributed by atoms with van der Waals surface area (Å²) in [6.45, 7) is 5.17. The van der Waals surface area contributed by atoms with E-state index in [2.05, 4.69) is 9.93 Å². The van der Waals surface area contributed by atoms with E-state index in [1.165, 1.54) is 0 Å². The minimum atomic E-state index is -3.79. The molecule has 0 atom stereocenters. The highest BCUT2D eigenvalue weighted by molar-refractivity contribution is 7.89. The van der Waals surface area contributed by atoms with Gasteiger partial charge in [0.1, 0.15) is 0 Å². The highest BCUT2D eigenvalue weighted by Crippen LogP contribution is 2.32. The Hall–Kier alpha value is -1.27. The van der Waals surface area contributed by atoms with Crippen molar-refractivity contribution in [3.05, 3.63) is 62.1 Å². The zero-order valence-corrected chi connectivity index (χ0v) is 16.3. The lowest BCUT2D eigenvalue weighted by molar-refractivity contribution is 0.583. The third kappa shape index (κ3) is 4.03. The molecule has 128 valence electrons. The Bertz CT molecular complexity index is 925. The first-order valence-corrected chi connectivity index (χ1v) is 9.52. The van der Waals surface area contributed by atoms with Gasteiger partial charge in [-0.25, -0.2) is 0 Å². The number of sulfonamides is 1. The molecule has 0 heterocycles. The Labute approximate surface area is 156 Å². The molecule has 4 nitrogen and oxygen atoms in total. The molecule has 0 fully saturated rings. The molecule has 8 heteroatoms. The molecular weight excluding hydrogens is 391 g/mol. The summed E-state index contributed by atoms with van der Waals surface area (Å²) in [7, 11) is -3.79. The van der Waals surface area contributed by atoms with Crippen LogP contribution in [0.3, 0.4) is 0 Å². The van der Waals surface area contributed by atoms with E-state index in [0.717, 1.165) is 5.56 Å². The fourth-order valence-corrected chi connectivity index (χ4v) is 3.90. The monoisotopic (exact) mass is 404 g/mol. The molecule has 0 saturated heterocycles. The molecule has 1 N–H and O–H groups in total. The molecule has 0 saturated carbocycles. The smallest absolute Gasteiger partial charge is 0.200 e. The van der Waals surface area contributed by atoms with Gasteiger partial charge in [-0.3, -0.25) is 0 Å². The van der Waals surface area contributed by atoms with Crippen LogP contribution < -0.4 is 4.83 Å². The van der Waals surface area contributed by atoms with E-state index in [9.17, 15) is 8.42 Å². The predicted molar refractivity (Wildman–Crippen MR) is 99.9 cm³/mol. The molecule has 0 aliphatic rings. The first-order valence-electron chi connectivity index (χ1n) is 6.90. The minimum absolute atomic E-state index is 0.180. The number of halogens is 3. The van der Waals surface area contributed by atoms with Gasteiger partial charge in [-0.15, -0.1) is 0 Å². The van der Waals surface area contributed by atoms with Gasteiger partial charge >= 0.3 is 0 Å². The number of hydrazone groups is 1. The zero-order valence-electron chi connectivity index (χ0n) is 13.2. The average Bonchev–Trinajstić information content (AvgIpc) is 2.53. The van der Waals surface area contributed by atoms with Crippen LogP contribution in [-0.2, 0) is 10.0 Å². The molecule has 2 aromatic carbocycles. The maximum atomic E-state index is 12.4. The second-order valence-electron chi connectivity index (χ2n) is 5.28. The van der Waals surface area contributed by atoms with E-state index in [-0.39, 0.29) is 14.9 Å². The number of hydrogen-bond acceptors (Lipinski definition) is 3. The lowest BCUT2D eigenvalue weighted by atomic mass is 10.1. The Morgan fingerprint density at radius 1 is 1.04 bits per heavy atom.